The van der Waals surface area contributed by atoms with Crippen molar-refractivity contribution in [2.24, 2.45) is 5.92 Å². The molecule has 1 heterocycles. The van der Waals surface area contributed by atoms with Crippen molar-refractivity contribution in [3.05, 3.63) is 11.8 Å². The molecule has 100 valence electrons. The number of nitrogens with zero attached hydrogens (tertiary/aromatic N) is 1. The normalized spacial score (nSPS) is 17.1. The largest absolute Gasteiger partial charge is 0.309 e. The summed E-state index contributed by atoms with van der Waals surface area (Å²) in [5.41, 5.74) is 1.06. The van der Waals surface area contributed by atoms with Gasteiger partial charge in [-0.2, -0.15) is 5.10 Å². The molecule has 2 N–H and O–H groups in total. The molecule has 4 nitrogen and oxygen atoms in total. The summed E-state index contributed by atoms with van der Waals surface area (Å²) in [6, 6.07) is 1.92. The fraction of sp³-hybridized carbons (Fsp3) is 0.714. The standard InChI is InChI=1S/C14H23N3O/c1-10(2)12-9-13(17-16-12)15-14(18)8-11-6-4-3-5-7-11/h9-11H,3-8H2,1-2H3,(H2,15,16,17,18). The third-order valence-electron chi connectivity index (χ3n) is 3.69. The Kier molecular flexibility index (Phi) is 4.39. The minimum Gasteiger partial charge on any atom is -0.309 e. The van der Waals surface area contributed by atoms with Crippen LogP contribution in [0, 0.1) is 5.92 Å². The SMILES string of the molecule is CC(C)c1cc(NC(=O)CC2CCCCC2)n[nH]1. The molecule has 0 spiro atoms. The molecule has 0 unspecified atom stereocenters. The number of H-pyrrole nitrogens is 1. The van der Waals surface area contributed by atoms with E-state index < -0.39 is 0 Å². The zero-order valence-corrected chi connectivity index (χ0v) is 11.3. The number of aromatic amines is 1. The van der Waals surface area contributed by atoms with Crippen LogP contribution < -0.4 is 5.32 Å². The second-order valence-corrected chi connectivity index (χ2v) is 5.62. The molecular formula is C14H23N3O. The summed E-state index contributed by atoms with van der Waals surface area (Å²) in [7, 11) is 0. The highest BCUT2D eigenvalue weighted by molar-refractivity contribution is 5.89. The van der Waals surface area contributed by atoms with E-state index in [0.717, 1.165) is 5.69 Å². The van der Waals surface area contributed by atoms with Crippen molar-refractivity contribution in [3.63, 3.8) is 0 Å². The van der Waals surface area contributed by atoms with Crippen LogP contribution in [0.5, 0.6) is 0 Å². The van der Waals surface area contributed by atoms with E-state index in [4.69, 9.17) is 0 Å². The molecule has 1 aromatic heterocycles. The summed E-state index contributed by atoms with van der Waals surface area (Å²) in [4.78, 5) is 11.9. The van der Waals surface area contributed by atoms with Gasteiger partial charge in [-0.25, -0.2) is 0 Å². The van der Waals surface area contributed by atoms with Crippen LogP contribution in [0.25, 0.3) is 0 Å². The highest BCUT2D eigenvalue weighted by Gasteiger charge is 2.17. The number of carbonyl (C=O) groups excluding carboxylic acids is 1. The number of nitrogens with one attached hydrogen (secondary N) is 2. The van der Waals surface area contributed by atoms with Crippen molar-refractivity contribution in [2.75, 3.05) is 5.32 Å². The van der Waals surface area contributed by atoms with Crippen molar-refractivity contribution < 1.29 is 4.79 Å². The molecule has 0 aliphatic heterocycles. The van der Waals surface area contributed by atoms with Crippen LogP contribution in [0.2, 0.25) is 0 Å². The fourth-order valence-corrected chi connectivity index (χ4v) is 2.54. The Morgan fingerprint density at radius 2 is 2.17 bits per heavy atom. The number of hydrogen-bond donors (Lipinski definition) is 2. The molecule has 1 fully saturated rings. The van der Waals surface area contributed by atoms with Crippen LogP contribution in [0.4, 0.5) is 5.82 Å². The van der Waals surface area contributed by atoms with Crippen molar-refractivity contribution in [3.8, 4) is 0 Å². The van der Waals surface area contributed by atoms with Crippen LogP contribution in [-0.2, 0) is 4.79 Å². The van der Waals surface area contributed by atoms with Gasteiger partial charge in [0, 0.05) is 18.2 Å². The molecule has 0 saturated heterocycles. The van der Waals surface area contributed by atoms with E-state index in [1.54, 1.807) is 0 Å². The van der Waals surface area contributed by atoms with Gasteiger partial charge in [0.2, 0.25) is 5.91 Å². The summed E-state index contributed by atoms with van der Waals surface area (Å²) in [5, 5.41) is 9.95. The molecule has 1 aromatic rings. The lowest BCUT2D eigenvalue weighted by Crippen LogP contribution is -2.18. The van der Waals surface area contributed by atoms with Gasteiger partial charge < -0.3 is 5.32 Å². The first-order chi connectivity index (χ1) is 8.65. The van der Waals surface area contributed by atoms with Gasteiger partial charge in [-0.15, -0.1) is 0 Å². The molecule has 0 bridgehead atoms. The maximum atomic E-state index is 11.9. The van der Waals surface area contributed by atoms with Gasteiger partial charge in [0.1, 0.15) is 0 Å². The van der Waals surface area contributed by atoms with Crippen LogP contribution >= 0.6 is 0 Å². The third kappa shape index (κ3) is 3.59. The first-order valence-electron chi connectivity index (χ1n) is 7.00. The van der Waals surface area contributed by atoms with Gasteiger partial charge in [-0.3, -0.25) is 9.89 Å². The highest BCUT2D eigenvalue weighted by atomic mass is 16.1. The van der Waals surface area contributed by atoms with Gasteiger partial charge in [-0.1, -0.05) is 33.1 Å². The topological polar surface area (TPSA) is 57.8 Å². The van der Waals surface area contributed by atoms with Crippen molar-refractivity contribution in [2.45, 2.75) is 58.3 Å². The molecule has 1 aliphatic rings. The van der Waals surface area contributed by atoms with E-state index in [9.17, 15) is 4.79 Å². The monoisotopic (exact) mass is 249 g/mol. The van der Waals surface area contributed by atoms with Gasteiger partial charge in [0.25, 0.3) is 0 Å². The summed E-state index contributed by atoms with van der Waals surface area (Å²) in [6.07, 6.45) is 6.92. The summed E-state index contributed by atoms with van der Waals surface area (Å²) in [6.45, 7) is 4.20. The molecule has 1 aliphatic carbocycles. The third-order valence-corrected chi connectivity index (χ3v) is 3.69. The molecule has 0 aromatic carbocycles. The highest BCUT2D eigenvalue weighted by Crippen LogP contribution is 2.26. The quantitative estimate of drug-likeness (QED) is 0.858. The second kappa shape index (κ2) is 6.03. The summed E-state index contributed by atoms with van der Waals surface area (Å²) >= 11 is 0. The number of amides is 1. The van der Waals surface area contributed by atoms with Crippen LogP contribution in [0.1, 0.15) is 64.0 Å². The van der Waals surface area contributed by atoms with Gasteiger partial charge >= 0.3 is 0 Å². The van der Waals surface area contributed by atoms with Gasteiger partial charge in [0.15, 0.2) is 5.82 Å². The average molecular weight is 249 g/mol. The average Bonchev–Trinajstić information content (AvgIpc) is 2.78. The maximum absolute atomic E-state index is 11.9. The number of aromatic nitrogens is 2. The van der Waals surface area contributed by atoms with Crippen LogP contribution in [0.15, 0.2) is 6.07 Å². The zero-order chi connectivity index (χ0) is 13.0. The fourth-order valence-electron chi connectivity index (χ4n) is 2.54. The van der Waals surface area contributed by atoms with Crippen molar-refractivity contribution in [1.29, 1.82) is 0 Å². The van der Waals surface area contributed by atoms with Crippen LogP contribution in [0.3, 0.4) is 0 Å². The smallest absolute Gasteiger partial charge is 0.225 e. The Labute approximate surface area is 109 Å². The number of hydrogen-bond acceptors (Lipinski definition) is 2. The van der Waals surface area contributed by atoms with E-state index in [1.165, 1.54) is 32.1 Å². The first-order valence-corrected chi connectivity index (χ1v) is 7.00. The Hall–Kier alpha value is -1.32. The Bertz CT molecular complexity index is 391. The minimum atomic E-state index is 0.101. The van der Waals surface area contributed by atoms with E-state index in [2.05, 4.69) is 29.4 Å². The molecular weight excluding hydrogens is 226 g/mol. The summed E-state index contributed by atoms with van der Waals surface area (Å²) in [5.74, 6) is 1.73. The Morgan fingerprint density at radius 3 is 2.78 bits per heavy atom. The van der Waals surface area contributed by atoms with Crippen molar-refractivity contribution in [1.82, 2.24) is 10.2 Å². The van der Waals surface area contributed by atoms with E-state index >= 15 is 0 Å². The molecule has 0 radical (unpaired) electrons. The minimum absolute atomic E-state index is 0.101. The van der Waals surface area contributed by atoms with E-state index in [1.807, 2.05) is 6.07 Å². The Balaban J connectivity index is 1.82. The lowest BCUT2D eigenvalue weighted by Gasteiger charge is -2.20. The zero-order valence-electron chi connectivity index (χ0n) is 11.3. The second-order valence-electron chi connectivity index (χ2n) is 5.62. The van der Waals surface area contributed by atoms with Crippen LogP contribution in [-0.4, -0.2) is 16.1 Å². The molecule has 0 atom stereocenters. The number of anilines is 1. The van der Waals surface area contributed by atoms with E-state index in [-0.39, 0.29) is 5.91 Å². The predicted octanol–water partition coefficient (Wildman–Crippen LogP) is 3.44. The lowest BCUT2D eigenvalue weighted by molar-refractivity contribution is -0.117. The molecule has 2 rings (SSSR count). The number of rotatable bonds is 4. The maximum Gasteiger partial charge on any atom is 0.225 e. The molecule has 1 amide bonds. The molecule has 1 saturated carbocycles. The lowest BCUT2D eigenvalue weighted by atomic mass is 9.87. The molecule has 4 heteroatoms. The van der Waals surface area contributed by atoms with Gasteiger partial charge in [0.05, 0.1) is 0 Å². The Morgan fingerprint density at radius 1 is 1.44 bits per heavy atom. The number of carbonyl (C=O) groups is 1. The predicted molar refractivity (Wildman–Crippen MR) is 72.5 cm³/mol. The van der Waals surface area contributed by atoms with E-state index in [0.29, 0.717) is 24.1 Å². The first kappa shape index (κ1) is 13.1. The summed E-state index contributed by atoms with van der Waals surface area (Å²) < 4.78 is 0. The molecule has 18 heavy (non-hydrogen) atoms. The van der Waals surface area contributed by atoms with Gasteiger partial charge in [-0.05, 0) is 24.7 Å². The van der Waals surface area contributed by atoms with Crippen molar-refractivity contribution >= 4 is 11.7 Å².